The van der Waals surface area contributed by atoms with E-state index in [4.69, 9.17) is 4.74 Å². The van der Waals surface area contributed by atoms with Crippen molar-refractivity contribution >= 4 is 17.6 Å². The first-order valence-electron chi connectivity index (χ1n) is 8.35. The standard InChI is InChI=1S/C21H23NO2/c1-15(2)22-13-12-17-6-4-5-7-19(17)20(21(22)23)14-16-8-10-18(24-3)11-9-16/h4-11,14-15H,12-13H2,1-3H3/b20-14-. The maximum Gasteiger partial charge on any atom is 0.254 e. The molecule has 1 amide bonds. The van der Waals surface area contributed by atoms with Crippen molar-refractivity contribution in [2.24, 2.45) is 0 Å². The van der Waals surface area contributed by atoms with E-state index < -0.39 is 0 Å². The molecular weight excluding hydrogens is 298 g/mol. The van der Waals surface area contributed by atoms with Crippen LogP contribution in [0.5, 0.6) is 5.75 Å². The second-order valence-corrected chi connectivity index (χ2v) is 6.33. The fourth-order valence-electron chi connectivity index (χ4n) is 3.11. The molecule has 0 spiro atoms. The molecule has 0 fully saturated rings. The smallest absolute Gasteiger partial charge is 0.254 e. The SMILES string of the molecule is COc1ccc(/C=C2\C(=O)N(C(C)C)CCc3ccccc32)cc1. The minimum absolute atomic E-state index is 0.103. The van der Waals surface area contributed by atoms with Gasteiger partial charge in [-0.3, -0.25) is 4.79 Å². The lowest BCUT2D eigenvalue weighted by atomic mass is 9.97. The number of methoxy groups -OCH3 is 1. The van der Waals surface area contributed by atoms with Crippen LogP contribution >= 0.6 is 0 Å². The molecule has 124 valence electrons. The van der Waals surface area contributed by atoms with Crippen molar-refractivity contribution in [1.82, 2.24) is 4.90 Å². The number of hydrogen-bond acceptors (Lipinski definition) is 2. The highest BCUT2D eigenvalue weighted by molar-refractivity contribution is 6.24. The monoisotopic (exact) mass is 321 g/mol. The van der Waals surface area contributed by atoms with Gasteiger partial charge in [-0.25, -0.2) is 0 Å². The molecule has 3 heteroatoms. The predicted molar refractivity (Wildman–Crippen MR) is 97.9 cm³/mol. The average Bonchev–Trinajstić information content (AvgIpc) is 2.73. The van der Waals surface area contributed by atoms with Crippen molar-refractivity contribution in [2.75, 3.05) is 13.7 Å². The number of ether oxygens (including phenoxy) is 1. The molecule has 2 aromatic carbocycles. The number of hydrogen-bond donors (Lipinski definition) is 0. The van der Waals surface area contributed by atoms with E-state index in [2.05, 4.69) is 19.9 Å². The average molecular weight is 321 g/mol. The van der Waals surface area contributed by atoms with Crippen LogP contribution in [0.1, 0.15) is 30.5 Å². The molecule has 0 atom stereocenters. The minimum Gasteiger partial charge on any atom is -0.497 e. The van der Waals surface area contributed by atoms with E-state index in [-0.39, 0.29) is 11.9 Å². The van der Waals surface area contributed by atoms with E-state index in [1.54, 1.807) is 7.11 Å². The normalized spacial score (nSPS) is 16.2. The molecule has 3 nitrogen and oxygen atoms in total. The highest BCUT2D eigenvalue weighted by Gasteiger charge is 2.26. The van der Waals surface area contributed by atoms with Crippen LogP contribution in [0.3, 0.4) is 0 Å². The molecule has 3 rings (SSSR count). The van der Waals surface area contributed by atoms with Gasteiger partial charge in [-0.1, -0.05) is 36.4 Å². The van der Waals surface area contributed by atoms with E-state index in [9.17, 15) is 4.79 Å². The quantitative estimate of drug-likeness (QED) is 0.799. The number of rotatable bonds is 3. The Kier molecular flexibility index (Phi) is 4.70. The number of benzene rings is 2. The summed E-state index contributed by atoms with van der Waals surface area (Å²) in [6.07, 6.45) is 2.88. The van der Waals surface area contributed by atoms with E-state index in [0.717, 1.165) is 35.4 Å². The van der Waals surface area contributed by atoms with Crippen molar-refractivity contribution in [3.63, 3.8) is 0 Å². The van der Waals surface area contributed by atoms with Gasteiger partial charge in [0.15, 0.2) is 0 Å². The van der Waals surface area contributed by atoms with Crippen molar-refractivity contribution < 1.29 is 9.53 Å². The fourth-order valence-corrected chi connectivity index (χ4v) is 3.11. The molecule has 0 radical (unpaired) electrons. The van der Waals surface area contributed by atoms with Crippen molar-refractivity contribution in [1.29, 1.82) is 0 Å². The molecular formula is C21H23NO2. The molecule has 0 unspecified atom stereocenters. The van der Waals surface area contributed by atoms with Crippen molar-refractivity contribution in [3.05, 3.63) is 65.2 Å². The summed E-state index contributed by atoms with van der Waals surface area (Å²) in [6.45, 7) is 4.89. The first-order valence-corrected chi connectivity index (χ1v) is 8.35. The summed E-state index contributed by atoms with van der Waals surface area (Å²) in [4.78, 5) is 15.1. The van der Waals surface area contributed by atoms with Gasteiger partial charge in [0, 0.05) is 18.2 Å². The molecule has 0 saturated carbocycles. The highest BCUT2D eigenvalue weighted by Crippen LogP contribution is 2.29. The minimum atomic E-state index is 0.103. The molecule has 1 heterocycles. The zero-order valence-corrected chi connectivity index (χ0v) is 14.5. The lowest BCUT2D eigenvalue weighted by Gasteiger charge is -2.25. The number of amides is 1. The molecule has 0 bridgehead atoms. The third-order valence-corrected chi connectivity index (χ3v) is 4.47. The fraction of sp³-hybridized carbons (Fsp3) is 0.286. The molecule has 0 aliphatic carbocycles. The second kappa shape index (κ2) is 6.91. The largest absolute Gasteiger partial charge is 0.497 e. The van der Waals surface area contributed by atoms with Crippen LogP contribution in [0.2, 0.25) is 0 Å². The van der Waals surface area contributed by atoms with Gasteiger partial charge in [-0.2, -0.15) is 0 Å². The van der Waals surface area contributed by atoms with Crippen molar-refractivity contribution in [2.45, 2.75) is 26.3 Å². The molecule has 0 saturated heterocycles. The van der Waals surface area contributed by atoms with Gasteiger partial charge in [0.25, 0.3) is 5.91 Å². The first kappa shape index (κ1) is 16.3. The summed E-state index contributed by atoms with van der Waals surface area (Å²) in [7, 11) is 1.65. The van der Waals surface area contributed by atoms with E-state index in [1.165, 1.54) is 5.56 Å². The van der Waals surface area contributed by atoms with Gasteiger partial charge in [-0.15, -0.1) is 0 Å². The van der Waals surface area contributed by atoms with Crippen LogP contribution < -0.4 is 4.74 Å². The summed E-state index contributed by atoms with van der Waals surface area (Å²) in [5, 5.41) is 0. The Morgan fingerprint density at radius 3 is 2.46 bits per heavy atom. The van der Waals surface area contributed by atoms with Crippen LogP contribution in [-0.2, 0) is 11.2 Å². The van der Waals surface area contributed by atoms with Gasteiger partial charge in [0.2, 0.25) is 0 Å². The maximum absolute atomic E-state index is 13.1. The van der Waals surface area contributed by atoms with Crippen LogP contribution in [0, 0.1) is 0 Å². The number of carbonyl (C=O) groups is 1. The van der Waals surface area contributed by atoms with Gasteiger partial charge in [0.1, 0.15) is 5.75 Å². The van der Waals surface area contributed by atoms with E-state index in [0.29, 0.717) is 0 Å². The Morgan fingerprint density at radius 1 is 1.08 bits per heavy atom. The number of fused-ring (bicyclic) bond motifs is 1. The lowest BCUT2D eigenvalue weighted by molar-refractivity contribution is -0.126. The number of nitrogens with zero attached hydrogens (tertiary/aromatic N) is 1. The third kappa shape index (κ3) is 3.21. The van der Waals surface area contributed by atoms with Gasteiger partial charge < -0.3 is 9.64 Å². The van der Waals surface area contributed by atoms with Crippen LogP contribution in [0.4, 0.5) is 0 Å². The molecule has 2 aromatic rings. The summed E-state index contributed by atoms with van der Waals surface area (Å²) in [6, 6.07) is 16.2. The molecule has 1 aliphatic rings. The summed E-state index contributed by atoms with van der Waals surface area (Å²) < 4.78 is 5.21. The zero-order valence-electron chi connectivity index (χ0n) is 14.5. The molecule has 1 aliphatic heterocycles. The number of carbonyl (C=O) groups excluding carboxylic acids is 1. The van der Waals surface area contributed by atoms with Crippen molar-refractivity contribution in [3.8, 4) is 5.75 Å². The van der Waals surface area contributed by atoms with Gasteiger partial charge >= 0.3 is 0 Å². The van der Waals surface area contributed by atoms with E-state index >= 15 is 0 Å². The Bertz CT molecular complexity index is 760. The Hall–Kier alpha value is -2.55. The Balaban J connectivity index is 2.09. The molecule has 0 N–H and O–H groups in total. The second-order valence-electron chi connectivity index (χ2n) is 6.33. The Morgan fingerprint density at radius 2 is 1.79 bits per heavy atom. The zero-order chi connectivity index (χ0) is 17.1. The first-order chi connectivity index (χ1) is 11.6. The predicted octanol–water partition coefficient (Wildman–Crippen LogP) is 4.03. The summed E-state index contributed by atoms with van der Waals surface area (Å²) in [5.41, 5.74) is 4.04. The maximum atomic E-state index is 13.1. The lowest BCUT2D eigenvalue weighted by Crippen LogP contribution is -2.37. The van der Waals surface area contributed by atoms with Gasteiger partial charge in [0.05, 0.1) is 7.11 Å². The van der Waals surface area contributed by atoms with Crippen LogP contribution in [0.25, 0.3) is 11.6 Å². The summed E-state index contributed by atoms with van der Waals surface area (Å²) in [5.74, 6) is 0.916. The summed E-state index contributed by atoms with van der Waals surface area (Å²) >= 11 is 0. The Labute approximate surface area is 143 Å². The third-order valence-electron chi connectivity index (χ3n) is 4.47. The van der Waals surface area contributed by atoms with Crippen LogP contribution in [-0.4, -0.2) is 30.5 Å². The molecule has 24 heavy (non-hydrogen) atoms. The topological polar surface area (TPSA) is 29.5 Å². The molecule has 0 aromatic heterocycles. The van der Waals surface area contributed by atoms with E-state index in [1.807, 2.05) is 53.4 Å². The highest BCUT2D eigenvalue weighted by atomic mass is 16.5. The van der Waals surface area contributed by atoms with Gasteiger partial charge in [-0.05, 0) is 55.2 Å². The van der Waals surface area contributed by atoms with Crippen LogP contribution in [0.15, 0.2) is 48.5 Å².